The van der Waals surface area contributed by atoms with Gasteiger partial charge in [0, 0.05) is 20.1 Å². The fraction of sp³-hybridized carbons (Fsp3) is 0.786. The second-order valence-corrected chi connectivity index (χ2v) is 5.64. The zero-order valence-corrected chi connectivity index (χ0v) is 13.5. The Morgan fingerprint density at radius 2 is 1.62 bits per heavy atom. The lowest BCUT2D eigenvalue weighted by molar-refractivity contribution is -0.141. The van der Waals surface area contributed by atoms with Crippen LogP contribution in [-0.4, -0.2) is 54.1 Å². The van der Waals surface area contributed by atoms with E-state index >= 15 is 0 Å². The maximum atomic E-state index is 11.7. The summed E-state index contributed by atoms with van der Waals surface area (Å²) in [5.41, 5.74) is 0. The fourth-order valence-corrected chi connectivity index (χ4v) is 1.84. The Hall–Kier alpha value is -1.79. The Kier molecular flexibility index (Phi) is 8.42. The zero-order chi connectivity index (χ0) is 16.6. The lowest BCUT2D eigenvalue weighted by atomic mass is 10.0. The van der Waals surface area contributed by atoms with Gasteiger partial charge in [-0.15, -0.1) is 0 Å². The van der Waals surface area contributed by atoms with Gasteiger partial charge in [0.1, 0.15) is 6.04 Å². The van der Waals surface area contributed by atoms with Crippen molar-refractivity contribution in [3.8, 4) is 0 Å². The molecule has 0 heterocycles. The molecule has 0 aliphatic carbocycles. The van der Waals surface area contributed by atoms with Crippen LogP contribution in [-0.2, 0) is 9.59 Å². The molecule has 0 aromatic heterocycles. The number of nitrogens with zero attached hydrogens (tertiary/aromatic N) is 1. The van der Waals surface area contributed by atoms with Gasteiger partial charge in [-0.25, -0.2) is 4.79 Å². The molecule has 0 saturated heterocycles. The lowest BCUT2D eigenvalue weighted by Gasteiger charge is -2.20. The van der Waals surface area contributed by atoms with E-state index in [0.717, 1.165) is 6.42 Å². The van der Waals surface area contributed by atoms with Gasteiger partial charge in [-0.2, -0.15) is 0 Å². The van der Waals surface area contributed by atoms with Crippen molar-refractivity contribution in [3.05, 3.63) is 0 Å². The standard InChI is InChI=1S/C14H27N3O4/c1-9(13(19)20)7-6-8-10(2)15-14(21)16-11(3)12(18)17(4)5/h9-11H,6-8H2,1-5H3,(H,19,20)(H2,15,16,21). The summed E-state index contributed by atoms with van der Waals surface area (Å²) in [6, 6.07) is -1.05. The smallest absolute Gasteiger partial charge is 0.315 e. The number of nitrogens with one attached hydrogen (secondary N) is 2. The number of carbonyl (C=O) groups excluding carboxylic acids is 2. The largest absolute Gasteiger partial charge is 0.481 e. The Balaban J connectivity index is 3.99. The molecule has 0 bridgehead atoms. The van der Waals surface area contributed by atoms with Crippen LogP contribution in [0.25, 0.3) is 0 Å². The zero-order valence-electron chi connectivity index (χ0n) is 13.5. The molecule has 0 aromatic rings. The number of rotatable bonds is 8. The highest BCUT2D eigenvalue weighted by Gasteiger charge is 2.18. The van der Waals surface area contributed by atoms with Crippen LogP contribution >= 0.6 is 0 Å². The van der Waals surface area contributed by atoms with Gasteiger partial charge in [0.15, 0.2) is 0 Å². The maximum absolute atomic E-state index is 11.7. The number of amides is 3. The molecule has 0 fully saturated rings. The maximum Gasteiger partial charge on any atom is 0.315 e. The highest BCUT2D eigenvalue weighted by atomic mass is 16.4. The molecule has 0 spiro atoms. The molecule has 0 radical (unpaired) electrons. The molecule has 0 aromatic carbocycles. The van der Waals surface area contributed by atoms with Crippen molar-refractivity contribution in [2.75, 3.05) is 14.1 Å². The van der Waals surface area contributed by atoms with Gasteiger partial charge in [0.2, 0.25) is 5.91 Å². The van der Waals surface area contributed by atoms with E-state index in [9.17, 15) is 14.4 Å². The van der Waals surface area contributed by atoms with E-state index in [1.165, 1.54) is 4.90 Å². The molecule has 3 N–H and O–H groups in total. The topological polar surface area (TPSA) is 98.7 Å². The van der Waals surface area contributed by atoms with Gasteiger partial charge < -0.3 is 20.6 Å². The molecule has 7 nitrogen and oxygen atoms in total. The molecule has 3 unspecified atom stereocenters. The SMILES string of the molecule is CC(CCCC(C)C(=O)O)NC(=O)NC(C)C(=O)N(C)C. The highest BCUT2D eigenvalue weighted by Crippen LogP contribution is 2.09. The van der Waals surface area contributed by atoms with E-state index in [0.29, 0.717) is 12.8 Å². The lowest BCUT2D eigenvalue weighted by Crippen LogP contribution is -2.49. The third kappa shape index (κ3) is 8.16. The summed E-state index contributed by atoms with van der Waals surface area (Å²) in [6.45, 7) is 5.15. The van der Waals surface area contributed by atoms with Crippen LogP contribution in [0.5, 0.6) is 0 Å². The van der Waals surface area contributed by atoms with E-state index in [4.69, 9.17) is 5.11 Å². The molecular formula is C14H27N3O4. The highest BCUT2D eigenvalue weighted by molar-refractivity contribution is 5.86. The van der Waals surface area contributed by atoms with Crippen molar-refractivity contribution >= 4 is 17.9 Å². The number of likely N-dealkylation sites (N-methyl/N-ethyl adjacent to an activating group) is 1. The Morgan fingerprint density at radius 3 is 2.10 bits per heavy atom. The molecule has 0 rings (SSSR count). The average Bonchev–Trinajstić information content (AvgIpc) is 2.36. The van der Waals surface area contributed by atoms with E-state index < -0.39 is 18.0 Å². The number of aliphatic carboxylic acids is 1. The molecule has 7 heteroatoms. The summed E-state index contributed by atoms with van der Waals surface area (Å²) in [6.07, 6.45) is 2.00. The number of carbonyl (C=O) groups is 3. The first-order chi connectivity index (χ1) is 9.65. The number of hydrogen-bond donors (Lipinski definition) is 3. The van der Waals surface area contributed by atoms with Crippen LogP contribution in [0.1, 0.15) is 40.0 Å². The monoisotopic (exact) mass is 301 g/mol. The summed E-state index contributed by atoms with van der Waals surface area (Å²) < 4.78 is 0. The minimum absolute atomic E-state index is 0.0762. The Morgan fingerprint density at radius 1 is 1.05 bits per heavy atom. The van der Waals surface area contributed by atoms with Crippen molar-refractivity contribution in [1.29, 1.82) is 0 Å². The molecule has 0 aliphatic rings. The Bertz CT molecular complexity index is 371. The minimum Gasteiger partial charge on any atom is -0.481 e. The average molecular weight is 301 g/mol. The summed E-state index contributed by atoms with van der Waals surface area (Å²) in [5.74, 6) is -1.35. The van der Waals surface area contributed by atoms with E-state index in [1.54, 1.807) is 27.9 Å². The van der Waals surface area contributed by atoms with Crippen molar-refractivity contribution in [2.24, 2.45) is 5.92 Å². The molecule has 3 amide bonds. The van der Waals surface area contributed by atoms with Crippen LogP contribution in [0.15, 0.2) is 0 Å². The van der Waals surface area contributed by atoms with Crippen molar-refractivity contribution < 1.29 is 19.5 Å². The third-order valence-corrected chi connectivity index (χ3v) is 3.23. The quantitative estimate of drug-likeness (QED) is 0.624. The predicted octanol–water partition coefficient (Wildman–Crippen LogP) is 1.04. The van der Waals surface area contributed by atoms with Crippen molar-refractivity contribution in [3.63, 3.8) is 0 Å². The third-order valence-electron chi connectivity index (χ3n) is 3.23. The fourth-order valence-electron chi connectivity index (χ4n) is 1.84. The minimum atomic E-state index is -0.802. The number of carboxylic acids is 1. The van der Waals surface area contributed by atoms with Gasteiger partial charge >= 0.3 is 12.0 Å². The first kappa shape index (κ1) is 19.2. The van der Waals surface area contributed by atoms with Crippen LogP contribution < -0.4 is 10.6 Å². The second kappa shape index (κ2) is 9.20. The summed E-state index contributed by atoms with van der Waals surface area (Å²) in [7, 11) is 3.26. The van der Waals surface area contributed by atoms with Crippen LogP contribution in [0, 0.1) is 5.92 Å². The van der Waals surface area contributed by atoms with Crippen LogP contribution in [0.3, 0.4) is 0 Å². The molecule has 21 heavy (non-hydrogen) atoms. The van der Waals surface area contributed by atoms with Gasteiger partial charge in [0.25, 0.3) is 0 Å². The van der Waals surface area contributed by atoms with Crippen LogP contribution in [0.4, 0.5) is 4.79 Å². The molecule has 0 saturated carbocycles. The number of hydrogen-bond acceptors (Lipinski definition) is 3. The van der Waals surface area contributed by atoms with Gasteiger partial charge in [-0.1, -0.05) is 13.3 Å². The van der Waals surface area contributed by atoms with Gasteiger partial charge in [0.05, 0.1) is 5.92 Å². The van der Waals surface area contributed by atoms with Crippen molar-refractivity contribution in [1.82, 2.24) is 15.5 Å². The second-order valence-electron chi connectivity index (χ2n) is 5.64. The number of carboxylic acid groups (broad SMARTS) is 1. The summed E-state index contributed by atoms with van der Waals surface area (Å²) >= 11 is 0. The molecule has 0 aliphatic heterocycles. The first-order valence-electron chi connectivity index (χ1n) is 7.16. The predicted molar refractivity (Wildman–Crippen MR) is 79.9 cm³/mol. The first-order valence-corrected chi connectivity index (χ1v) is 7.16. The Labute approximate surface area is 126 Å². The normalized spacial score (nSPS) is 14.7. The van der Waals surface area contributed by atoms with E-state index in [2.05, 4.69) is 10.6 Å². The number of urea groups is 1. The van der Waals surface area contributed by atoms with Gasteiger partial charge in [-0.3, -0.25) is 9.59 Å². The summed E-state index contributed by atoms with van der Waals surface area (Å²) in [4.78, 5) is 35.4. The van der Waals surface area contributed by atoms with Crippen LogP contribution in [0.2, 0.25) is 0 Å². The van der Waals surface area contributed by atoms with E-state index in [1.807, 2.05) is 6.92 Å². The molecule has 3 atom stereocenters. The summed E-state index contributed by atoms with van der Waals surface area (Å²) in [5, 5.41) is 14.1. The molecular weight excluding hydrogens is 274 g/mol. The van der Waals surface area contributed by atoms with E-state index in [-0.39, 0.29) is 17.9 Å². The van der Waals surface area contributed by atoms with Crippen molar-refractivity contribution in [2.45, 2.75) is 52.1 Å². The molecule has 122 valence electrons. The van der Waals surface area contributed by atoms with Gasteiger partial charge in [-0.05, 0) is 26.7 Å².